The van der Waals surface area contributed by atoms with Crippen LogP contribution in [0.5, 0.6) is 11.5 Å². The summed E-state index contributed by atoms with van der Waals surface area (Å²) in [5.41, 5.74) is -1.63. The Kier molecular flexibility index (Phi) is 7.13. The summed E-state index contributed by atoms with van der Waals surface area (Å²) >= 11 is 0. The summed E-state index contributed by atoms with van der Waals surface area (Å²) < 4.78 is 127. The van der Waals surface area contributed by atoms with Crippen molar-refractivity contribution in [3.8, 4) is 22.6 Å². The largest absolute Gasteiger partial charge is 0.573 e. The summed E-state index contributed by atoms with van der Waals surface area (Å²) in [7, 11) is 0. The SMILES string of the molecule is CC(F)=C(F)c1cc(F)c(-c2ccc(C(=O)Oc3cc(F)c(OC(F)(F)F)c(F)c3)cc2)c(F)c1. The number of carbonyl (C=O) groups is 1. The fraction of sp³-hybridized carbons (Fsp3) is 0.0870. The third kappa shape index (κ3) is 5.94. The van der Waals surface area contributed by atoms with E-state index in [9.17, 15) is 44.3 Å². The van der Waals surface area contributed by atoms with E-state index < -0.39 is 69.9 Å². The lowest BCUT2D eigenvalue weighted by Crippen LogP contribution is -2.19. The van der Waals surface area contributed by atoms with E-state index in [2.05, 4.69) is 4.74 Å². The normalized spacial score (nSPS) is 12.3. The lowest BCUT2D eigenvalue weighted by molar-refractivity contribution is -0.276. The molecule has 0 atom stereocenters. The molecule has 0 saturated carbocycles. The van der Waals surface area contributed by atoms with Crippen molar-refractivity contribution >= 4 is 11.8 Å². The molecular weight excluding hydrogens is 495 g/mol. The third-order valence-electron chi connectivity index (χ3n) is 4.41. The van der Waals surface area contributed by atoms with Crippen LogP contribution >= 0.6 is 0 Å². The van der Waals surface area contributed by atoms with Gasteiger partial charge in [0, 0.05) is 17.7 Å². The van der Waals surface area contributed by atoms with Gasteiger partial charge in [0.1, 0.15) is 23.2 Å². The van der Waals surface area contributed by atoms with E-state index in [4.69, 9.17) is 4.74 Å². The van der Waals surface area contributed by atoms with Gasteiger partial charge in [-0.25, -0.2) is 31.1 Å². The zero-order chi connectivity index (χ0) is 26.1. The number of benzene rings is 3. The van der Waals surface area contributed by atoms with Crippen LogP contribution < -0.4 is 9.47 Å². The number of ether oxygens (including phenoxy) is 2. The molecule has 3 nitrogen and oxygen atoms in total. The average molecular weight is 506 g/mol. The highest BCUT2D eigenvalue weighted by Gasteiger charge is 2.34. The first-order valence-corrected chi connectivity index (χ1v) is 9.35. The van der Waals surface area contributed by atoms with E-state index in [1.165, 1.54) is 0 Å². The summed E-state index contributed by atoms with van der Waals surface area (Å²) in [6, 6.07) is 5.94. The smallest absolute Gasteiger partial charge is 0.423 e. The number of rotatable bonds is 5. The number of halogens is 9. The van der Waals surface area contributed by atoms with Crippen LogP contribution in [-0.2, 0) is 0 Å². The average Bonchev–Trinajstić information content (AvgIpc) is 2.75. The van der Waals surface area contributed by atoms with Gasteiger partial charge in [0.15, 0.2) is 17.5 Å². The van der Waals surface area contributed by atoms with Crippen molar-refractivity contribution in [1.82, 2.24) is 0 Å². The molecule has 0 aliphatic heterocycles. The summed E-state index contributed by atoms with van der Waals surface area (Å²) in [5.74, 6) is -12.5. The van der Waals surface area contributed by atoms with Gasteiger partial charge >= 0.3 is 12.3 Å². The van der Waals surface area contributed by atoms with Gasteiger partial charge in [-0.05, 0) is 36.8 Å². The summed E-state index contributed by atoms with van der Waals surface area (Å²) in [5, 5.41) is 0. The van der Waals surface area contributed by atoms with E-state index in [0.29, 0.717) is 12.1 Å². The number of hydrogen-bond acceptors (Lipinski definition) is 3. The molecule has 0 aromatic heterocycles. The molecule has 0 aliphatic carbocycles. The Morgan fingerprint density at radius 3 is 1.74 bits per heavy atom. The van der Waals surface area contributed by atoms with Gasteiger partial charge in [-0.3, -0.25) is 0 Å². The molecule has 35 heavy (non-hydrogen) atoms. The van der Waals surface area contributed by atoms with Gasteiger partial charge in [0.25, 0.3) is 0 Å². The van der Waals surface area contributed by atoms with Crippen molar-refractivity contribution < 1.29 is 53.8 Å². The number of allylic oxidation sites excluding steroid dienone is 1. The standard InChI is InChI=1S/C23H11F9O3/c1-10(24)20(29)13-6-15(25)19(16(26)7-13)11-2-4-12(5-3-11)22(33)34-14-8-17(27)21(18(28)9-14)35-23(30,31)32/h2-9H,1H3. The van der Waals surface area contributed by atoms with Gasteiger partial charge in [-0.2, -0.15) is 0 Å². The molecule has 0 heterocycles. The van der Waals surface area contributed by atoms with E-state index in [-0.39, 0.29) is 23.3 Å². The topological polar surface area (TPSA) is 35.5 Å². The number of esters is 1. The van der Waals surface area contributed by atoms with Crippen LogP contribution in [-0.4, -0.2) is 12.3 Å². The molecule has 3 aromatic rings. The van der Waals surface area contributed by atoms with Gasteiger partial charge in [-0.1, -0.05) is 12.1 Å². The summed E-state index contributed by atoms with van der Waals surface area (Å²) in [6.45, 7) is 0.768. The molecule has 184 valence electrons. The molecule has 0 aliphatic rings. The second kappa shape index (κ2) is 9.72. The lowest BCUT2D eigenvalue weighted by atomic mass is 10.0. The molecule has 0 saturated heterocycles. The van der Waals surface area contributed by atoms with Crippen molar-refractivity contribution in [3.63, 3.8) is 0 Å². The van der Waals surface area contributed by atoms with Crippen LogP contribution in [0.1, 0.15) is 22.8 Å². The molecule has 0 radical (unpaired) electrons. The van der Waals surface area contributed by atoms with Crippen molar-refractivity contribution in [3.05, 3.63) is 88.8 Å². The summed E-state index contributed by atoms with van der Waals surface area (Å²) in [6.07, 6.45) is -5.36. The predicted molar refractivity (Wildman–Crippen MR) is 105 cm³/mol. The molecule has 0 amide bonds. The number of hydrogen-bond donors (Lipinski definition) is 0. The molecule has 0 N–H and O–H groups in total. The maximum absolute atomic E-state index is 14.4. The molecular formula is C23H11F9O3. The van der Waals surface area contributed by atoms with E-state index in [1.807, 2.05) is 0 Å². The van der Waals surface area contributed by atoms with Crippen LogP contribution in [0.4, 0.5) is 39.5 Å². The monoisotopic (exact) mass is 506 g/mol. The Hall–Kier alpha value is -3.96. The van der Waals surface area contributed by atoms with Crippen molar-refractivity contribution in [2.75, 3.05) is 0 Å². The van der Waals surface area contributed by atoms with E-state index >= 15 is 0 Å². The number of carbonyl (C=O) groups excluding carboxylic acids is 1. The highest BCUT2D eigenvalue weighted by atomic mass is 19.4. The van der Waals surface area contributed by atoms with Crippen LogP contribution in [0.3, 0.4) is 0 Å². The molecule has 3 aromatic carbocycles. The highest BCUT2D eigenvalue weighted by molar-refractivity contribution is 5.91. The highest BCUT2D eigenvalue weighted by Crippen LogP contribution is 2.33. The predicted octanol–water partition coefficient (Wildman–Crippen LogP) is 7.66. The first kappa shape index (κ1) is 25.7. The van der Waals surface area contributed by atoms with Crippen LogP contribution in [0.2, 0.25) is 0 Å². The van der Waals surface area contributed by atoms with E-state index in [0.717, 1.165) is 31.2 Å². The van der Waals surface area contributed by atoms with Crippen molar-refractivity contribution in [2.45, 2.75) is 13.3 Å². The fourth-order valence-corrected chi connectivity index (χ4v) is 2.92. The minimum atomic E-state index is -5.36. The van der Waals surface area contributed by atoms with Crippen molar-refractivity contribution in [1.29, 1.82) is 0 Å². The van der Waals surface area contributed by atoms with Gasteiger partial charge in [0.2, 0.25) is 5.75 Å². The van der Waals surface area contributed by atoms with Gasteiger partial charge in [-0.15, -0.1) is 13.2 Å². The summed E-state index contributed by atoms with van der Waals surface area (Å²) in [4.78, 5) is 12.2. The Morgan fingerprint density at radius 2 is 1.29 bits per heavy atom. The first-order chi connectivity index (χ1) is 16.3. The molecule has 3 rings (SSSR count). The maximum Gasteiger partial charge on any atom is 0.573 e. The molecule has 0 spiro atoms. The zero-order valence-corrected chi connectivity index (χ0v) is 17.2. The van der Waals surface area contributed by atoms with Gasteiger partial charge in [0.05, 0.1) is 11.1 Å². The Bertz CT molecular complexity index is 1260. The lowest BCUT2D eigenvalue weighted by Gasteiger charge is -2.12. The molecule has 0 unspecified atom stereocenters. The van der Waals surface area contributed by atoms with Crippen molar-refractivity contribution in [2.24, 2.45) is 0 Å². The second-order valence-electron chi connectivity index (χ2n) is 6.89. The first-order valence-electron chi connectivity index (χ1n) is 9.35. The second-order valence-corrected chi connectivity index (χ2v) is 6.89. The van der Waals surface area contributed by atoms with Crippen LogP contribution in [0, 0.1) is 23.3 Å². The molecule has 0 bridgehead atoms. The molecule has 12 heteroatoms. The zero-order valence-electron chi connectivity index (χ0n) is 17.2. The third-order valence-corrected chi connectivity index (χ3v) is 4.41. The van der Waals surface area contributed by atoms with Gasteiger partial charge < -0.3 is 9.47 Å². The quantitative estimate of drug-likeness (QED) is 0.203. The Balaban J connectivity index is 1.82. The van der Waals surface area contributed by atoms with E-state index in [1.54, 1.807) is 0 Å². The Morgan fingerprint density at radius 1 is 0.771 bits per heavy atom. The minimum Gasteiger partial charge on any atom is -0.423 e. The molecule has 0 fully saturated rings. The number of alkyl halides is 3. The minimum absolute atomic E-state index is 0.102. The fourth-order valence-electron chi connectivity index (χ4n) is 2.92. The van der Waals surface area contributed by atoms with Crippen LogP contribution in [0.15, 0.2) is 54.4 Å². The van der Waals surface area contributed by atoms with Crippen LogP contribution in [0.25, 0.3) is 17.0 Å². The maximum atomic E-state index is 14.4. The Labute approximate surface area is 191 Å².